The van der Waals surface area contributed by atoms with Gasteiger partial charge in [0.2, 0.25) is 0 Å². The van der Waals surface area contributed by atoms with Crippen LogP contribution in [0.1, 0.15) is 11.1 Å². The van der Waals surface area contributed by atoms with Gasteiger partial charge in [-0.2, -0.15) is 5.10 Å². The Morgan fingerprint density at radius 3 is 2.39 bits per heavy atom. The molecular weight excluding hydrogens is 535 g/mol. The predicted molar refractivity (Wildman–Crippen MR) is 144 cm³/mol. The number of hydrogen-bond donors (Lipinski definition) is 3. The van der Waals surface area contributed by atoms with E-state index in [0.717, 1.165) is 5.56 Å². The molecule has 0 spiro atoms. The number of amides is 3. The normalized spacial score (nSPS) is 10.5. The summed E-state index contributed by atoms with van der Waals surface area (Å²) in [5, 5.41) is 9.46. The molecule has 0 aliphatic rings. The van der Waals surface area contributed by atoms with E-state index in [1.807, 2.05) is 0 Å². The molecule has 3 rings (SSSR count). The van der Waals surface area contributed by atoms with Crippen molar-refractivity contribution in [1.82, 2.24) is 10.7 Å². The van der Waals surface area contributed by atoms with Gasteiger partial charge in [-0.15, -0.1) is 0 Å². The molecular formula is C26H24Cl2N4O6. The van der Waals surface area contributed by atoms with Gasteiger partial charge in [0.25, 0.3) is 5.91 Å². The van der Waals surface area contributed by atoms with Gasteiger partial charge in [0.1, 0.15) is 5.75 Å². The summed E-state index contributed by atoms with van der Waals surface area (Å²) in [5.74, 6) is -0.892. The van der Waals surface area contributed by atoms with Crippen LogP contribution in [0.2, 0.25) is 10.0 Å². The van der Waals surface area contributed by atoms with E-state index < -0.39 is 17.7 Å². The molecule has 0 saturated carbocycles. The van der Waals surface area contributed by atoms with Crippen LogP contribution in [0.4, 0.5) is 5.69 Å². The zero-order valence-corrected chi connectivity index (χ0v) is 21.9. The summed E-state index contributed by atoms with van der Waals surface area (Å²) < 4.78 is 15.9. The van der Waals surface area contributed by atoms with Crippen molar-refractivity contribution < 1.29 is 28.6 Å². The maximum Gasteiger partial charge on any atom is 0.329 e. The van der Waals surface area contributed by atoms with Crippen molar-refractivity contribution in [1.29, 1.82) is 0 Å². The lowest BCUT2D eigenvalue weighted by Gasteiger charge is -2.12. The van der Waals surface area contributed by atoms with Crippen LogP contribution in [0.5, 0.6) is 17.2 Å². The molecule has 0 aromatic heterocycles. The number of methoxy groups -OCH3 is 2. The molecule has 38 heavy (non-hydrogen) atoms. The molecule has 0 aliphatic heterocycles. The lowest BCUT2D eigenvalue weighted by molar-refractivity contribution is -0.139. The van der Waals surface area contributed by atoms with Gasteiger partial charge in [0, 0.05) is 6.54 Å². The molecule has 3 aromatic rings. The second-order valence-corrected chi connectivity index (χ2v) is 8.36. The van der Waals surface area contributed by atoms with Gasteiger partial charge >= 0.3 is 11.8 Å². The van der Waals surface area contributed by atoms with Crippen LogP contribution in [-0.4, -0.2) is 44.8 Å². The van der Waals surface area contributed by atoms with Crippen molar-refractivity contribution in [3.63, 3.8) is 0 Å². The number of nitrogens with zero attached hydrogens (tertiary/aromatic N) is 1. The van der Waals surface area contributed by atoms with E-state index in [2.05, 4.69) is 21.2 Å². The molecule has 0 atom stereocenters. The molecule has 3 aromatic carbocycles. The number of rotatable bonds is 10. The molecule has 3 N–H and O–H groups in total. The molecule has 0 fully saturated rings. The highest BCUT2D eigenvalue weighted by Crippen LogP contribution is 2.30. The van der Waals surface area contributed by atoms with Gasteiger partial charge in [-0.05, 0) is 53.6 Å². The summed E-state index contributed by atoms with van der Waals surface area (Å²) in [4.78, 5) is 36.2. The number of benzene rings is 3. The van der Waals surface area contributed by atoms with E-state index in [4.69, 9.17) is 37.4 Å². The van der Waals surface area contributed by atoms with E-state index in [0.29, 0.717) is 33.5 Å². The fourth-order valence-electron chi connectivity index (χ4n) is 3.04. The smallest absolute Gasteiger partial charge is 0.329 e. The SMILES string of the molecule is COc1ccc(CNC(=O)C(=O)N/N=C\c2ccc(OCC(=O)Nc3cccc(Cl)c3Cl)c(OC)c2)cc1. The first kappa shape index (κ1) is 28.3. The molecule has 0 heterocycles. The highest BCUT2D eigenvalue weighted by Gasteiger charge is 2.13. The molecule has 3 amide bonds. The number of nitrogens with one attached hydrogen (secondary N) is 3. The minimum absolute atomic E-state index is 0.169. The van der Waals surface area contributed by atoms with Gasteiger partial charge in [-0.1, -0.05) is 41.4 Å². The zero-order valence-electron chi connectivity index (χ0n) is 20.4. The van der Waals surface area contributed by atoms with Crippen LogP contribution in [-0.2, 0) is 20.9 Å². The molecule has 0 unspecified atom stereocenters. The van der Waals surface area contributed by atoms with E-state index in [1.54, 1.807) is 67.8 Å². The Bertz CT molecular complexity index is 1330. The Morgan fingerprint density at radius 1 is 0.921 bits per heavy atom. The monoisotopic (exact) mass is 558 g/mol. The predicted octanol–water partition coefficient (Wildman–Crippen LogP) is 3.79. The third kappa shape index (κ3) is 8.12. The quantitative estimate of drug-likeness (QED) is 0.197. The Morgan fingerprint density at radius 2 is 1.68 bits per heavy atom. The highest BCUT2D eigenvalue weighted by molar-refractivity contribution is 6.44. The molecule has 10 nitrogen and oxygen atoms in total. The maximum absolute atomic E-state index is 12.3. The van der Waals surface area contributed by atoms with E-state index >= 15 is 0 Å². The number of carbonyl (C=O) groups is 3. The van der Waals surface area contributed by atoms with Crippen molar-refractivity contribution in [3.05, 3.63) is 81.8 Å². The number of hydrogen-bond acceptors (Lipinski definition) is 7. The minimum Gasteiger partial charge on any atom is -0.497 e. The van der Waals surface area contributed by atoms with Gasteiger partial charge < -0.3 is 24.8 Å². The average molecular weight is 559 g/mol. The number of ether oxygens (including phenoxy) is 3. The second kappa shape index (κ2) is 13.9. The third-order valence-corrected chi connectivity index (χ3v) is 5.79. The van der Waals surface area contributed by atoms with Crippen LogP contribution < -0.4 is 30.3 Å². The molecule has 0 bridgehead atoms. The fourth-order valence-corrected chi connectivity index (χ4v) is 3.38. The first-order valence-electron chi connectivity index (χ1n) is 11.1. The molecule has 0 saturated heterocycles. The van der Waals surface area contributed by atoms with Crippen LogP contribution >= 0.6 is 23.2 Å². The van der Waals surface area contributed by atoms with Gasteiger partial charge in [0.15, 0.2) is 18.1 Å². The first-order chi connectivity index (χ1) is 18.3. The van der Waals surface area contributed by atoms with Crippen molar-refractivity contribution >= 4 is 52.8 Å². The summed E-state index contributed by atoms with van der Waals surface area (Å²) in [5.41, 5.74) is 3.87. The summed E-state index contributed by atoms with van der Waals surface area (Å²) in [6, 6.07) is 16.7. The zero-order chi connectivity index (χ0) is 27.5. The Balaban J connectivity index is 1.49. The van der Waals surface area contributed by atoms with E-state index in [-0.39, 0.29) is 18.2 Å². The molecule has 12 heteroatoms. The Kier molecular flexibility index (Phi) is 10.3. The maximum atomic E-state index is 12.3. The number of carbonyl (C=O) groups excluding carboxylic acids is 3. The van der Waals surface area contributed by atoms with Crippen molar-refractivity contribution in [2.45, 2.75) is 6.54 Å². The van der Waals surface area contributed by atoms with Crippen LogP contribution in [0.25, 0.3) is 0 Å². The van der Waals surface area contributed by atoms with Gasteiger partial charge in [-0.25, -0.2) is 5.43 Å². The standard InChI is InChI=1S/C26H24Cl2N4O6/c1-36-18-9-6-16(7-10-18)13-29-25(34)26(35)32-30-14-17-8-11-21(22(12-17)37-2)38-15-23(33)31-20-5-3-4-19(27)24(20)28/h3-12,14H,13,15H2,1-2H3,(H,29,34)(H,31,33)(H,32,35)/b30-14-. The highest BCUT2D eigenvalue weighted by atomic mass is 35.5. The lowest BCUT2D eigenvalue weighted by atomic mass is 10.2. The van der Waals surface area contributed by atoms with Gasteiger partial charge in [0.05, 0.1) is 36.2 Å². The summed E-state index contributed by atoms with van der Waals surface area (Å²) >= 11 is 12.0. The first-order valence-corrected chi connectivity index (χ1v) is 11.8. The summed E-state index contributed by atoms with van der Waals surface area (Å²) in [7, 11) is 2.99. The lowest BCUT2D eigenvalue weighted by Crippen LogP contribution is -2.37. The molecule has 0 aliphatic carbocycles. The number of hydrazone groups is 1. The van der Waals surface area contributed by atoms with Crippen molar-refractivity contribution in [2.75, 3.05) is 26.1 Å². The average Bonchev–Trinajstić information content (AvgIpc) is 2.93. The van der Waals surface area contributed by atoms with E-state index in [1.165, 1.54) is 13.3 Å². The Labute approximate surface area is 228 Å². The summed E-state index contributed by atoms with van der Waals surface area (Å²) in [6.45, 7) is -0.142. The van der Waals surface area contributed by atoms with Gasteiger partial charge in [-0.3, -0.25) is 14.4 Å². The van der Waals surface area contributed by atoms with Crippen molar-refractivity contribution in [2.24, 2.45) is 5.10 Å². The number of anilines is 1. The minimum atomic E-state index is -0.924. The number of halogens is 2. The largest absolute Gasteiger partial charge is 0.497 e. The topological polar surface area (TPSA) is 127 Å². The second-order valence-electron chi connectivity index (χ2n) is 7.58. The van der Waals surface area contributed by atoms with Crippen molar-refractivity contribution in [3.8, 4) is 17.2 Å². The third-order valence-electron chi connectivity index (χ3n) is 4.97. The Hall–Kier alpha value is -4.28. The van der Waals surface area contributed by atoms with Crippen LogP contribution in [0.3, 0.4) is 0 Å². The summed E-state index contributed by atoms with van der Waals surface area (Å²) in [6.07, 6.45) is 1.33. The van der Waals surface area contributed by atoms with Crippen LogP contribution in [0, 0.1) is 0 Å². The van der Waals surface area contributed by atoms with Crippen LogP contribution in [0.15, 0.2) is 65.8 Å². The fraction of sp³-hybridized carbons (Fsp3) is 0.154. The molecule has 0 radical (unpaired) electrons. The van der Waals surface area contributed by atoms with E-state index in [9.17, 15) is 14.4 Å². The molecule has 198 valence electrons.